The van der Waals surface area contributed by atoms with Gasteiger partial charge < -0.3 is 20.5 Å². The zero-order chi connectivity index (χ0) is 18.9. The van der Waals surface area contributed by atoms with Crippen molar-refractivity contribution < 1.29 is 19.6 Å². The van der Waals surface area contributed by atoms with Crippen molar-refractivity contribution in [3.05, 3.63) is 57.1 Å². The number of halogens is 1. The van der Waals surface area contributed by atoms with Gasteiger partial charge >= 0.3 is 0 Å². The number of hydrogen-bond donors (Lipinski definition) is 3. The number of benzene rings is 2. The fourth-order valence-electron chi connectivity index (χ4n) is 2.60. The number of nitro benzene ring substituents is 1. The normalized spacial score (nSPS) is 15.3. The average Bonchev–Trinajstić information content (AvgIpc) is 2.59. The van der Waals surface area contributed by atoms with Crippen LogP contribution in [0.2, 0.25) is 5.02 Å². The fourth-order valence-corrected chi connectivity index (χ4v) is 2.79. The summed E-state index contributed by atoms with van der Waals surface area (Å²) >= 11 is 5.95. The van der Waals surface area contributed by atoms with Crippen LogP contribution in [0.25, 0.3) is 0 Å². The summed E-state index contributed by atoms with van der Waals surface area (Å²) in [4.78, 5) is 22.2. The van der Waals surface area contributed by atoms with Gasteiger partial charge in [-0.1, -0.05) is 23.7 Å². The van der Waals surface area contributed by atoms with Crippen LogP contribution in [0.5, 0.6) is 5.75 Å². The topological polar surface area (TPSA) is 114 Å². The third-order valence-electron chi connectivity index (χ3n) is 4.00. The Morgan fingerprint density at radius 2 is 2.19 bits per heavy atom. The Bertz CT molecular complexity index is 885. The van der Waals surface area contributed by atoms with Crippen LogP contribution in [0, 0.1) is 10.1 Å². The van der Waals surface area contributed by atoms with Gasteiger partial charge in [0.25, 0.3) is 11.6 Å². The molecule has 9 heteroatoms. The smallest absolute Gasteiger partial charge is 0.296 e. The van der Waals surface area contributed by atoms with Crippen molar-refractivity contribution in [2.45, 2.75) is 12.5 Å². The van der Waals surface area contributed by atoms with E-state index in [1.165, 1.54) is 12.1 Å². The van der Waals surface area contributed by atoms with Gasteiger partial charge in [-0.2, -0.15) is 0 Å². The van der Waals surface area contributed by atoms with Crippen LogP contribution >= 0.6 is 11.6 Å². The first-order valence-electron chi connectivity index (χ1n) is 7.73. The number of amides is 1. The summed E-state index contributed by atoms with van der Waals surface area (Å²) in [6.07, 6.45) is 0. The zero-order valence-electron chi connectivity index (χ0n) is 13.8. The number of carbonyl (C=O) groups is 1. The van der Waals surface area contributed by atoms with E-state index < -0.39 is 10.5 Å². The van der Waals surface area contributed by atoms with E-state index in [2.05, 4.69) is 10.6 Å². The van der Waals surface area contributed by atoms with Crippen molar-refractivity contribution >= 4 is 34.6 Å². The molecule has 2 aromatic rings. The van der Waals surface area contributed by atoms with Crippen LogP contribution in [0.15, 0.2) is 36.4 Å². The molecular formula is C17H16ClN3O5. The molecule has 1 atom stereocenters. The quantitative estimate of drug-likeness (QED) is 0.545. The van der Waals surface area contributed by atoms with Crippen LogP contribution in [0.3, 0.4) is 0 Å². The Morgan fingerprint density at radius 3 is 2.88 bits per heavy atom. The van der Waals surface area contributed by atoms with E-state index in [1.54, 1.807) is 31.2 Å². The number of fused-ring (bicyclic) bond motifs is 1. The lowest BCUT2D eigenvalue weighted by molar-refractivity contribution is -0.384. The molecule has 0 aliphatic carbocycles. The van der Waals surface area contributed by atoms with E-state index in [-0.39, 0.29) is 36.2 Å². The number of rotatable bonds is 5. The fraction of sp³-hybridized carbons (Fsp3) is 0.235. The molecule has 0 aromatic heterocycles. The van der Waals surface area contributed by atoms with Gasteiger partial charge in [-0.3, -0.25) is 14.9 Å². The van der Waals surface area contributed by atoms with E-state index in [1.807, 2.05) is 0 Å². The van der Waals surface area contributed by atoms with Crippen molar-refractivity contribution in [2.75, 3.05) is 23.8 Å². The minimum absolute atomic E-state index is 0.0121. The molecule has 1 heterocycles. The highest BCUT2D eigenvalue weighted by Gasteiger charge is 2.27. The van der Waals surface area contributed by atoms with Crippen molar-refractivity contribution in [3.8, 4) is 5.75 Å². The van der Waals surface area contributed by atoms with Gasteiger partial charge in [-0.05, 0) is 30.7 Å². The van der Waals surface area contributed by atoms with Crippen LogP contribution in [0.1, 0.15) is 12.5 Å². The number of nitro groups is 1. The number of anilines is 2. The molecule has 0 saturated carbocycles. The first-order chi connectivity index (χ1) is 12.3. The summed E-state index contributed by atoms with van der Waals surface area (Å²) in [5.41, 5.74) is -0.496. The van der Waals surface area contributed by atoms with E-state index in [9.17, 15) is 20.0 Å². The molecule has 0 saturated heterocycles. The molecule has 0 fully saturated rings. The van der Waals surface area contributed by atoms with Crippen molar-refractivity contribution in [3.63, 3.8) is 0 Å². The second kappa shape index (κ2) is 6.81. The van der Waals surface area contributed by atoms with Crippen molar-refractivity contribution in [1.29, 1.82) is 0 Å². The third kappa shape index (κ3) is 3.71. The van der Waals surface area contributed by atoms with Crippen LogP contribution in [-0.2, 0) is 10.4 Å². The van der Waals surface area contributed by atoms with Gasteiger partial charge in [-0.25, -0.2) is 0 Å². The standard InChI is InChI=1S/C17H16ClN3O5/c1-17(23,10-3-2-4-11(18)5-10)9-19-12-6-13-15(7-14(12)21(24)25)26-8-16(22)20-13/h2-7,19,23H,8-9H2,1H3,(H,20,22). The number of carbonyl (C=O) groups excluding carboxylic acids is 1. The summed E-state index contributed by atoms with van der Waals surface area (Å²) < 4.78 is 5.20. The van der Waals surface area contributed by atoms with Crippen LogP contribution < -0.4 is 15.4 Å². The third-order valence-corrected chi connectivity index (χ3v) is 4.23. The number of hydrogen-bond acceptors (Lipinski definition) is 6. The first-order valence-corrected chi connectivity index (χ1v) is 8.11. The molecule has 1 unspecified atom stereocenters. The lowest BCUT2D eigenvalue weighted by Gasteiger charge is -2.25. The molecule has 3 N–H and O–H groups in total. The van der Waals surface area contributed by atoms with Gasteiger partial charge in [0, 0.05) is 11.6 Å². The SMILES string of the molecule is CC(O)(CNc1cc2c(cc1[N+](=O)[O-])OCC(=O)N2)c1cccc(Cl)c1. The predicted octanol–water partition coefficient (Wildman–Crippen LogP) is 2.90. The van der Waals surface area contributed by atoms with E-state index >= 15 is 0 Å². The molecule has 3 rings (SSSR count). The molecular weight excluding hydrogens is 362 g/mol. The van der Waals surface area contributed by atoms with E-state index in [0.717, 1.165) is 0 Å². The first kappa shape index (κ1) is 18.0. The minimum atomic E-state index is -1.32. The summed E-state index contributed by atoms with van der Waals surface area (Å²) in [6, 6.07) is 9.39. The second-order valence-electron chi connectivity index (χ2n) is 6.10. The second-order valence-corrected chi connectivity index (χ2v) is 6.53. The molecule has 1 aliphatic rings. The largest absolute Gasteiger partial charge is 0.481 e. The van der Waals surface area contributed by atoms with Crippen LogP contribution in [-0.4, -0.2) is 29.1 Å². The summed E-state index contributed by atoms with van der Waals surface area (Å²) in [7, 11) is 0. The molecule has 1 aliphatic heterocycles. The Morgan fingerprint density at radius 1 is 1.42 bits per heavy atom. The minimum Gasteiger partial charge on any atom is -0.481 e. The lowest BCUT2D eigenvalue weighted by atomic mass is 9.96. The monoisotopic (exact) mass is 377 g/mol. The highest BCUT2D eigenvalue weighted by atomic mass is 35.5. The number of aliphatic hydroxyl groups is 1. The summed E-state index contributed by atoms with van der Waals surface area (Å²) in [5, 5.41) is 28.0. The molecule has 0 spiro atoms. The average molecular weight is 378 g/mol. The number of nitrogens with zero attached hydrogens (tertiary/aromatic N) is 1. The molecule has 0 radical (unpaired) electrons. The molecule has 26 heavy (non-hydrogen) atoms. The van der Waals surface area contributed by atoms with E-state index in [0.29, 0.717) is 16.3 Å². The summed E-state index contributed by atoms with van der Waals surface area (Å²) in [6.45, 7) is 1.36. The zero-order valence-corrected chi connectivity index (χ0v) is 14.5. The Hall–Kier alpha value is -2.84. The molecule has 0 bridgehead atoms. The highest BCUT2D eigenvalue weighted by Crippen LogP contribution is 2.38. The van der Waals surface area contributed by atoms with Crippen molar-refractivity contribution in [2.24, 2.45) is 0 Å². The number of nitrogens with one attached hydrogen (secondary N) is 2. The molecule has 2 aromatic carbocycles. The maximum absolute atomic E-state index is 11.4. The highest BCUT2D eigenvalue weighted by molar-refractivity contribution is 6.30. The molecule has 1 amide bonds. The predicted molar refractivity (Wildman–Crippen MR) is 96.7 cm³/mol. The maximum Gasteiger partial charge on any atom is 0.296 e. The van der Waals surface area contributed by atoms with Crippen LogP contribution in [0.4, 0.5) is 17.1 Å². The number of ether oxygens (including phenoxy) is 1. The summed E-state index contributed by atoms with van der Waals surface area (Å²) in [5.74, 6) is -0.119. The van der Waals surface area contributed by atoms with E-state index in [4.69, 9.17) is 16.3 Å². The maximum atomic E-state index is 11.4. The van der Waals surface area contributed by atoms with Crippen molar-refractivity contribution in [1.82, 2.24) is 0 Å². The Labute approximate surface area is 153 Å². The van der Waals surface area contributed by atoms with Gasteiger partial charge in [0.15, 0.2) is 12.4 Å². The van der Waals surface area contributed by atoms with Gasteiger partial charge in [-0.15, -0.1) is 0 Å². The van der Waals surface area contributed by atoms with Gasteiger partial charge in [0.2, 0.25) is 0 Å². The van der Waals surface area contributed by atoms with Gasteiger partial charge in [0.05, 0.1) is 16.7 Å². The molecule has 136 valence electrons. The van der Waals surface area contributed by atoms with Gasteiger partial charge in [0.1, 0.15) is 11.3 Å². The lowest BCUT2D eigenvalue weighted by Crippen LogP contribution is -2.31. The Kier molecular flexibility index (Phi) is 4.71. The Balaban J connectivity index is 1.88. The molecule has 8 nitrogen and oxygen atoms in total.